The first-order valence-corrected chi connectivity index (χ1v) is 11.9. The van der Waals surface area contributed by atoms with E-state index in [9.17, 15) is 35.9 Å². The van der Waals surface area contributed by atoms with Crippen molar-refractivity contribution in [2.45, 2.75) is 24.9 Å². The van der Waals surface area contributed by atoms with E-state index in [1.807, 2.05) is 0 Å². The van der Waals surface area contributed by atoms with Crippen LogP contribution in [0.15, 0.2) is 66.7 Å². The number of hydrogen-bond donors (Lipinski definition) is 3. The molecule has 3 amide bonds. The van der Waals surface area contributed by atoms with Crippen LogP contribution in [0.5, 0.6) is 0 Å². The smallest absolute Gasteiger partial charge is 0.377 e. The quantitative estimate of drug-likeness (QED) is 0.207. The third kappa shape index (κ3) is 6.72. The van der Waals surface area contributed by atoms with Crippen molar-refractivity contribution in [3.8, 4) is 11.1 Å². The van der Waals surface area contributed by atoms with Crippen LogP contribution in [-0.4, -0.2) is 41.8 Å². The first kappa shape index (κ1) is 28.9. The van der Waals surface area contributed by atoms with Gasteiger partial charge in [0.15, 0.2) is 0 Å². The fraction of sp³-hybridized carbons (Fsp3) is 0.259. The van der Waals surface area contributed by atoms with E-state index in [0.717, 1.165) is 0 Å². The number of carbonyl (C=O) groups excluding carboxylic acids is 2. The zero-order chi connectivity index (χ0) is 29.1. The van der Waals surface area contributed by atoms with Crippen LogP contribution in [0.4, 0.5) is 31.1 Å². The van der Waals surface area contributed by atoms with E-state index in [1.165, 1.54) is 46.8 Å². The van der Waals surface area contributed by atoms with Gasteiger partial charge < -0.3 is 15.0 Å². The lowest BCUT2D eigenvalue weighted by molar-refractivity contribution is -0.143. The molecule has 3 aromatic carbocycles. The Morgan fingerprint density at radius 2 is 1.48 bits per heavy atom. The highest BCUT2D eigenvalue weighted by atomic mass is 19.4. The van der Waals surface area contributed by atoms with E-state index in [-0.39, 0.29) is 49.1 Å². The van der Waals surface area contributed by atoms with Crippen LogP contribution in [0, 0.1) is 0 Å². The van der Waals surface area contributed by atoms with Crippen molar-refractivity contribution in [2.24, 2.45) is 0 Å². The van der Waals surface area contributed by atoms with Crippen molar-refractivity contribution < 1.29 is 45.9 Å². The van der Waals surface area contributed by atoms with Gasteiger partial charge in [0.25, 0.3) is 5.91 Å². The molecule has 40 heavy (non-hydrogen) atoms. The molecule has 0 aliphatic carbocycles. The molecule has 0 spiro atoms. The van der Waals surface area contributed by atoms with E-state index >= 15 is 0 Å². The van der Waals surface area contributed by atoms with Crippen molar-refractivity contribution in [2.75, 3.05) is 19.8 Å². The average Bonchev–Trinajstić information content (AvgIpc) is 2.94. The Balaban J connectivity index is 1.50. The van der Waals surface area contributed by atoms with Gasteiger partial charge in [0.05, 0.1) is 30.4 Å². The van der Waals surface area contributed by atoms with Gasteiger partial charge in [-0.25, -0.2) is 10.3 Å². The first-order chi connectivity index (χ1) is 18.9. The molecule has 7 nitrogen and oxygen atoms in total. The van der Waals surface area contributed by atoms with Crippen LogP contribution in [0.2, 0.25) is 0 Å². The number of morpholine rings is 1. The van der Waals surface area contributed by atoms with Crippen LogP contribution in [0.3, 0.4) is 0 Å². The van der Waals surface area contributed by atoms with Crippen molar-refractivity contribution in [3.05, 3.63) is 94.5 Å². The first-order valence-electron chi connectivity index (χ1n) is 11.9. The van der Waals surface area contributed by atoms with Gasteiger partial charge in [0.2, 0.25) is 0 Å². The normalized spacial score (nSPS) is 16.0. The number of hydroxylamine groups is 1. The van der Waals surface area contributed by atoms with Gasteiger partial charge in [0.1, 0.15) is 0 Å². The van der Waals surface area contributed by atoms with Crippen molar-refractivity contribution in [3.63, 3.8) is 0 Å². The summed E-state index contributed by atoms with van der Waals surface area (Å²) < 4.78 is 85.1. The third-order valence-corrected chi connectivity index (χ3v) is 6.37. The number of benzene rings is 3. The van der Waals surface area contributed by atoms with E-state index < -0.39 is 41.5 Å². The Kier molecular flexibility index (Phi) is 8.35. The number of carbonyl (C=O) groups is 2. The average molecular weight is 567 g/mol. The van der Waals surface area contributed by atoms with E-state index in [1.54, 1.807) is 12.1 Å². The zero-order valence-corrected chi connectivity index (χ0v) is 20.6. The highest BCUT2D eigenvalue weighted by molar-refractivity contribution is 5.93. The molecule has 1 saturated heterocycles. The Bertz CT molecular complexity index is 1330. The van der Waals surface area contributed by atoms with Gasteiger partial charge in [-0.15, -0.1) is 0 Å². The second-order valence-electron chi connectivity index (χ2n) is 9.00. The number of ether oxygens (including phenoxy) is 1. The summed E-state index contributed by atoms with van der Waals surface area (Å²) >= 11 is 0. The maximum atomic E-state index is 13.3. The number of halogens is 6. The lowest BCUT2D eigenvalue weighted by atomic mass is 9.96. The minimum absolute atomic E-state index is 0.0773. The SMILES string of the molecule is O=C(NO)c1ccc(CNC(=O)N2CCOCC2c2ccc(-c3cc(C(F)(F)F)cc(C(F)(F)F)c3)cc2)cc1. The van der Waals surface area contributed by atoms with Crippen molar-refractivity contribution in [1.29, 1.82) is 0 Å². The Labute approximate surface area is 224 Å². The summed E-state index contributed by atoms with van der Waals surface area (Å²) in [7, 11) is 0. The van der Waals surface area contributed by atoms with E-state index in [4.69, 9.17) is 9.94 Å². The predicted molar refractivity (Wildman–Crippen MR) is 130 cm³/mol. The maximum absolute atomic E-state index is 13.3. The topological polar surface area (TPSA) is 90.9 Å². The molecule has 1 fully saturated rings. The molecule has 0 aromatic heterocycles. The summed E-state index contributed by atoms with van der Waals surface area (Å²) in [5.41, 5.74) is 0.120. The van der Waals surface area contributed by atoms with Gasteiger partial charge in [-0.05, 0) is 52.6 Å². The van der Waals surface area contributed by atoms with Crippen LogP contribution in [0.25, 0.3) is 11.1 Å². The Morgan fingerprint density at radius 3 is 2.02 bits per heavy atom. The van der Waals surface area contributed by atoms with Gasteiger partial charge in [0, 0.05) is 18.7 Å². The number of urea groups is 1. The standard InChI is InChI=1S/C27H23F6N3O4/c28-26(29,30)21-11-20(12-22(13-21)27(31,32)33)17-5-7-18(8-6-17)23-15-40-10-9-36(23)25(38)34-14-16-1-3-19(4-2-16)24(37)35-39/h1-8,11-13,23,39H,9-10,14-15H2,(H,34,38)(H,35,37). The summed E-state index contributed by atoms with van der Waals surface area (Å²) in [6.07, 6.45) is -9.92. The summed E-state index contributed by atoms with van der Waals surface area (Å²) in [6, 6.07) is 12.5. The zero-order valence-electron chi connectivity index (χ0n) is 20.6. The number of amides is 3. The van der Waals surface area contributed by atoms with E-state index in [0.29, 0.717) is 23.3 Å². The minimum atomic E-state index is -4.96. The summed E-state index contributed by atoms with van der Waals surface area (Å²) in [5, 5.41) is 11.5. The third-order valence-electron chi connectivity index (χ3n) is 6.37. The van der Waals surface area contributed by atoms with Crippen LogP contribution >= 0.6 is 0 Å². The molecule has 3 N–H and O–H groups in total. The predicted octanol–water partition coefficient (Wildman–Crippen LogP) is 5.79. The lowest BCUT2D eigenvalue weighted by Gasteiger charge is -2.36. The molecule has 0 saturated carbocycles. The van der Waals surface area contributed by atoms with Gasteiger partial charge in [-0.2, -0.15) is 26.3 Å². The highest BCUT2D eigenvalue weighted by Crippen LogP contribution is 2.39. The molecule has 1 aliphatic rings. The van der Waals surface area contributed by atoms with Crippen molar-refractivity contribution >= 4 is 11.9 Å². The van der Waals surface area contributed by atoms with Crippen LogP contribution in [0.1, 0.15) is 38.7 Å². The largest absolute Gasteiger partial charge is 0.416 e. The lowest BCUT2D eigenvalue weighted by Crippen LogP contribution is -2.47. The van der Waals surface area contributed by atoms with Crippen molar-refractivity contribution in [1.82, 2.24) is 15.7 Å². The molecule has 1 unspecified atom stereocenters. The molecular formula is C27H23F6N3O4. The Morgan fingerprint density at radius 1 is 0.875 bits per heavy atom. The van der Waals surface area contributed by atoms with E-state index in [2.05, 4.69) is 5.32 Å². The Hall–Kier alpha value is -4.10. The number of rotatable bonds is 5. The molecule has 4 rings (SSSR count). The molecule has 13 heteroatoms. The summed E-state index contributed by atoms with van der Waals surface area (Å²) in [5.74, 6) is -0.674. The number of nitrogens with one attached hydrogen (secondary N) is 2. The van der Waals surface area contributed by atoms with Gasteiger partial charge in [-0.1, -0.05) is 36.4 Å². The second-order valence-corrected chi connectivity index (χ2v) is 9.00. The molecule has 0 radical (unpaired) electrons. The molecule has 1 aliphatic heterocycles. The van der Waals surface area contributed by atoms with Crippen LogP contribution in [-0.2, 0) is 23.6 Å². The van der Waals surface area contributed by atoms with Gasteiger partial charge in [-0.3, -0.25) is 10.0 Å². The highest BCUT2D eigenvalue weighted by Gasteiger charge is 2.37. The number of nitrogens with zero attached hydrogens (tertiary/aromatic N) is 1. The van der Waals surface area contributed by atoms with Crippen LogP contribution < -0.4 is 10.8 Å². The second kappa shape index (κ2) is 11.6. The molecule has 1 atom stereocenters. The fourth-order valence-corrected chi connectivity index (χ4v) is 4.26. The molecule has 0 bridgehead atoms. The maximum Gasteiger partial charge on any atom is 0.416 e. The summed E-state index contributed by atoms with van der Waals surface area (Å²) in [6.45, 7) is 0.799. The monoisotopic (exact) mass is 567 g/mol. The molecule has 1 heterocycles. The number of hydrogen-bond acceptors (Lipinski definition) is 4. The summed E-state index contributed by atoms with van der Waals surface area (Å²) in [4.78, 5) is 25.9. The van der Waals surface area contributed by atoms with Gasteiger partial charge >= 0.3 is 18.4 Å². The molecule has 212 valence electrons. The minimum Gasteiger partial charge on any atom is -0.377 e. The molecule has 3 aromatic rings. The number of alkyl halides is 6. The fourth-order valence-electron chi connectivity index (χ4n) is 4.26. The molecular weight excluding hydrogens is 544 g/mol.